The van der Waals surface area contributed by atoms with Gasteiger partial charge in [-0.25, -0.2) is 17.9 Å². The molecule has 6 heteroatoms. The fourth-order valence-electron chi connectivity index (χ4n) is 3.68. The Morgan fingerprint density at radius 3 is 2.48 bits per heavy atom. The molecule has 1 heterocycles. The highest BCUT2D eigenvalue weighted by Crippen LogP contribution is 2.22. The van der Waals surface area contributed by atoms with Gasteiger partial charge in [0, 0.05) is 13.1 Å². The summed E-state index contributed by atoms with van der Waals surface area (Å²) >= 11 is 0. The van der Waals surface area contributed by atoms with Crippen molar-refractivity contribution in [1.29, 1.82) is 0 Å². The van der Waals surface area contributed by atoms with Crippen molar-refractivity contribution in [3.8, 4) is 0 Å². The van der Waals surface area contributed by atoms with Gasteiger partial charge in [0.15, 0.2) is 0 Å². The number of urea groups is 1. The Kier molecular flexibility index (Phi) is 7.47. The molecule has 1 fully saturated rings. The molecule has 1 aliphatic rings. The van der Waals surface area contributed by atoms with Gasteiger partial charge < -0.3 is 4.90 Å². The lowest BCUT2D eigenvalue weighted by atomic mass is 9.92. The summed E-state index contributed by atoms with van der Waals surface area (Å²) in [5.41, 5.74) is 2.09. The molecule has 0 bridgehead atoms. The van der Waals surface area contributed by atoms with Crippen LogP contribution in [0.25, 0.3) is 6.08 Å². The molecule has 1 N–H and O–H groups in total. The summed E-state index contributed by atoms with van der Waals surface area (Å²) < 4.78 is 26.6. The second-order valence-electron chi connectivity index (χ2n) is 7.50. The number of aryl methyl sites for hydroxylation is 1. The van der Waals surface area contributed by atoms with Crippen molar-refractivity contribution in [3.05, 3.63) is 77.2 Å². The monoisotopic (exact) mass is 412 g/mol. The number of hydrogen-bond acceptors (Lipinski definition) is 3. The predicted octanol–water partition coefficient (Wildman–Crippen LogP) is 4.43. The molecule has 1 aliphatic heterocycles. The first-order valence-corrected chi connectivity index (χ1v) is 11.7. The third kappa shape index (κ3) is 7.06. The molecule has 0 aromatic heterocycles. The van der Waals surface area contributed by atoms with E-state index in [4.69, 9.17) is 0 Å². The average molecular weight is 413 g/mol. The summed E-state index contributed by atoms with van der Waals surface area (Å²) in [5.74, 6) is 0.417. The van der Waals surface area contributed by atoms with E-state index in [1.165, 1.54) is 11.6 Å². The molecule has 0 radical (unpaired) electrons. The Balaban J connectivity index is 1.48. The van der Waals surface area contributed by atoms with Gasteiger partial charge in [0.2, 0.25) is 0 Å². The Bertz CT molecular complexity index is 912. The number of rotatable bonds is 7. The molecular formula is C23H28N2O3S. The molecule has 1 unspecified atom stereocenters. The average Bonchev–Trinajstić information content (AvgIpc) is 2.74. The van der Waals surface area contributed by atoms with Crippen LogP contribution in [-0.2, 0) is 16.4 Å². The number of likely N-dealkylation sites (tertiary alicyclic amines) is 1. The third-order valence-corrected chi connectivity index (χ3v) is 6.15. The smallest absolute Gasteiger partial charge is 0.324 e. The number of nitrogens with one attached hydrogen (secondary N) is 1. The minimum atomic E-state index is -3.82. The largest absolute Gasteiger partial charge is 0.331 e. The van der Waals surface area contributed by atoms with Crippen LogP contribution in [0.5, 0.6) is 0 Å². The number of piperidine rings is 1. The number of sulfonamides is 1. The highest BCUT2D eigenvalue weighted by Gasteiger charge is 2.25. The van der Waals surface area contributed by atoms with Crippen LogP contribution in [0.2, 0.25) is 0 Å². The maximum absolute atomic E-state index is 12.5. The Morgan fingerprint density at radius 2 is 1.76 bits per heavy atom. The van der Waals surface area contributed by atoms with E-state index >= 15 is 0 Å². The normalized spacial score (nSPS) is 17.4. The van der Waals surface area contributed by atoms with Gasteiger partial charge in [0.05, 0.1) is 5.41 Å². The Hall–Kier alpha value is -2.60. The molecule has 0 spiro atoms. The van der Waals surface area contributed by atoms with Crippen LogP contribution < -0.4 is 4.72 Å². The molecular weight excluding hydrogens is 384 g/mol. The van der Waals surface area contributed by atoms with Crippen molar-refractivity contribution >= 4 is 22.1 Å². The van der Waals surface area contributed by atoms with Crippen LogP contribution in [0, 0.1) is 5.92 Å². The molecule has 0 saturated carbocycles. The number of amides is 2. The minimum Gasteiger partial charge on any atom is -0.324 e. The standard InChI is InChI=1S/C23H28N2O3S/c26-23(24-29(27,28)18-16-21-11-5-2-6-12-21)25-17-8-15-22(19-25)14-7-13-20-9-3-1-4-10-20/h1-6,9-12,16,18,22H,7-8,13-15,17,19H2,(H,24,26). The second-order valence-corrected chi connectivity index (χ2v) is 9.06. The van der Waals surface area contributed by atoms with Gasteiger partial charge in [-0.1, -0.05) is 60.7 Å². The molecule has 5 nitrogen and oxygen atoms in total. The first kappa shape index (κ1) is 21.1. The number of nitrogens with zero attached hydrogens (tertiary/aromatic N) is 1. The molecule has 1 atom stereocenters. The number of hydrogen-bond donors (Lipinski definition) is 1. The maximum atomic E-state index is 12.5. The van der Waals surface area contributed by atoms with Gasteiger partial charge >= 0.3 is 6.03 Å². The predicted molar refractivity (Wildman–Crippen MR) is 117 cm³/mol. The fourth-order valence-corrected chi connectivity index (χ4v) is 4.45. The second kappa shape index (κ2) is 10.3. The molecule has 154 valence electrons. The zero-order valence-electron chi connectivity index (χ0n) is 16.5. The summed E-state index contributed by atoms with van der Waals surface area (Å²) in [6, 6.07) is 19.0. The SMILES string of the molecule is O=C(NS(=O)(=O)C=Cc1ccccc1)N1CCCC(CCCc2ccccc2)C1. The number of carbonyl (C=O) groups is 1. The molecule has 2 aromatic rings. The highest BCUT2D eigenvalue weighted by atomic mass is 32.2. The summed E-state index contributed by atoms with van der Waals surface area (Å²) in [7, 11) is -3.82. The Labute approximate surface area is 173 Å². The molecule has 29 heavy (non-hydrogen) atoms. The van der Waals surface area contributed by atoms with Crippen molar-refractivity contribution in [3.63, 3.8) is 0 Å². The number of benzene rings is 2. The lowest BCUT2D eigenvalue weighted by molar-refractivity contribution is 0.166. The van der Waals surface area contributed by atoms with E-state index in [0.717, 1.165) is 43.1 Å². The zero-order valence-corrected chi connectivity index (χ0v) is 17.4. The Morgan fingerprint density at radius 1 is 1.07 bits per heavy atom. The van der Waals surface area contributed by atoms with Crippen molar-refractivity contribution in [2.45, 2.75) is 32.1 Å². The van der Waals surface area contributed by atoms with E-state index in [0.29, 0.717) is 19.0 Å². The highest BCUT2D eigenvalue weighted by molar-refractivity contribution is 7.93. The molecule has 0 aliphatic carbocycles. The van der Waals surface area contributed by atoms with Crippen LogP contribution in [0.15, 0.2) is 66.1 Å². The van der Waals surface area contributed by atoms with Crippen molar-refractivity contribution in [2.24, 2.45) is 5.92 Å². The molecule has 3 rings (SSSR count). The van der Waals surface area contributed by atoms with Gasteiger partial charge in [-0.15, -0.1) is 0 Å². The van der Waals surface area contributed by atoms with E-state index in [1.54, 1.807) is 17.0 Å². The summed E-state index contributed by atoms with van der Waals surface area (Å²) in [6.45, 7) is 1.21. The quantitative estimate of drug-likeness (QED) is 0.731. The topological polar surface area (TPSA) is 66.5 Å². The van der Waals surface area contributed by atoms with Crippen LogP contribution in [-0.4, -0.2) is 32.4 Å². The van der Waals surface area contributed by atoms with Gasteiger partial charge in [0.25, 0.3) is 10.0 Å². The van der Waals surface area contributed by atoms with E-state index in [1.807, 2.05) is 24.3 Å². The van der Waals surface area contributed by atoms with E-state index in [-0.39, 0.29) is 0 Å². The summed E-state index contributed by atoms with van der Waals surface area (Å²) in [5, 5.41) is 1.04. The minimum absolute atomic E-state index is 0.417. The fraction of sp³-hybridized carbons (Fsp3) is 0.348. The van der Waals surface area contributed by atoms with E-state index < -0.39 is 16.1 Å². The van der Waals surface area contributed by atoms with Crippen LogP contribution in [0.1, 0.15) is 36.8 Å². The van der Waals surface area contributed by atoms with E-state index in [9.17, 15) is 13.2 Å². The molecule has 2 aromatic carbocycles. The maximum Gasteiger partial charge on any atom is 0.331 e. The molecule has 2 amide bonds. The zero-order chi connectivity index (χ0) is 20.5. The molecule has 1 saturated heterocycles. The number of carbonyl (C=O) groups excluding carboxylic acids is 1. The third-order valence-electron chi connectivity index (χ3n) is 5.20. The van der Waals surface area contributed by atoms with E-state index in [2.05, 4.69) is 29.0 Å². The lowest BCUT2D eigenvalue weighted by Crippen LogP contribution is -2.46. The van der Waals surface area contributed by atoms with Crippen LogP contribution in [0.3, 0.4) is 0 Å². The van der Waals surface area contributed by atoms with Crippen LogP contribution in [0.4, 0.5) is 4.79 Å². The first-order chi connectivity index (χ1) is 14.0. The van der Waals surface area contributed by atoms with Gasteiger partial charge in [-0.3, -0.25) is 0 Å². The first-order valence-electron chi connectivity index (χ1n) is 10.1. The van der Waals surface area contributed by atoms with Gasteiger partial charge in [-0.05, 0) is 55.2 Å². The van der Waals surface area contributed by atoms with Gasteiger partial charge in [0.1, 0.15) is 0 Å². The van der Waals surface area contributed by atoms with Crippen molar-refractivity contribution < 1.29 is 13.2 Å². The van der Waals surface area contributed by atoms with Crippen molar-refractivity contribution in [2.75, 3.05) is 13.1 Å². The van der Waals surface area contributed by atoms with Crippen molar-refractivity contribution in [1.82, 2.24) is 9.62 Å². The van der Waals surface area contributed by atoms with Gasteiger partial charge in [-0.2, -0.15) is 0 Å². The summed E-state index contributed by atoms with van der Waals surface area (Å²) in [4.78, 5) is 14.1. The summed E-state index contributed by atoms with van der Waals surface area (Å²) in [6.07, 6.45) is 6.62. The lowest BCUT2D eigenvalue weighted by Gasteiger charge is -2.32. The van der Waals surface area contributed by atoms with Crippen LogP contribution >= 0.6 is 0 Å².